The van der Waals surface area contributed by atoms with E-state index in [4.69, 9.17) is 66.3 Å². The number of hydrogen-bond acceptors (Lipinski definition) is 35. The molecule has 0 saturated carbocycles. The van der Waals surface area contributed by atoms with Crippen LogP contribution in [0.2, 0.25) is 0 Å². The van der Waals surface area contributed by atoms with Crippen LogP contribution >= 0.6 is 0 Å². The van der Waals surface area contributed by atoms with Gasteiger partial charge in [0.25, 0.3) is 0 Å². The van der Waals surface area contributed by atoms with Crippen LogP contribution in [0.1, 0.15) is 0 Å². The van der Waals surface area contributed by atoms with Gasteiger partial charge in [-0.15, -0.1) is 0 Å². The van der Waals surface area contributed by atoms with E-state index < -0.39 is 261 Å². The predicted octanol–water partition coefficient (Wildman–Crippen LogP) is -15.2. The van der Waals surface area contributed by atoms with Gasteiger partial charge in [0.2, 0.25) is 0 Å². The van der Waals surface area contributed by atoms with Crippen LogP contribution in [0.4, 0.5) is 0 Å². The van der Waals surface area contributed by atoms with E-state index in [2.05, 4.69) is 0 Å². The molecule has 0 aliphatic carbocycles. The third-order valence-electron chi connectivity index (χ3n) is 14.8. The van der Waals surface area contributed by atoms with Crippen molar-refractivity contribution in [3.8, 4) is 0 Å². The Labute approximate surface area is 434 Å². The molecule has 0 aromatic heterocycles. The molecule has 35 atom stereocenters. The summed E-state index contributed by atoms with van der Waals surface area (Å²) >= 11 is 0. The van der Waals surface area contributed by atoms with Crippen LogP contribution in [-0.2, 0) is 66.3 Å². The molecule has 21 rings (SSSR count). The molecule has 77 heavy (non-hydrogen) atoms. The van der Waals surface area contributed by atoms with Crippen LogP contribution in [0.5, 0.6) is 0 Å². The topological polar surface area (TPSA) is 554 Å². The van der Waals surface area contributed by atoms with Crippen molar-refractivity contribution < 1.29 is 174 Å². The summed E-state index contributed by atoms with van der Waals surface area (Å²) in [5.41, 5.74) is 0. The zero-order valence-corrected chi connectivity index (χ0v) is 40.3. The van der Waals surface area contributed by atoms with Gasteiger partial charge in [-0.2, -0.15) is 0 Å². The second-order valence-electron chi connectivity index (χ2n) is 19.7. The lowest BCUT2D eigenvalue weighted by atomic mass is 9.95. The Kier molecular flexibility index (Phi) is 20.8. The third-order valence-corrected chi connectivity index (χ3v) is 14.8. The Morgan fingerprint density at radius 1 is 0.156 bits per heavy atom. The fraction of sp³-hybridized carbons (Fsp3) is 1.00. The van der Waals surface area contributed by atoms with Gasteiger partial charge >= 0.3 is 0 Å². The first-order valence-corrected chi connectivity index (χ1v) is 24.6. The number of aliphatic hydroxyl groups excluding tert-OH is 21. The molecule has 21 saturated heterocycles. The van der Waals surface area contributed by atoms with Crippen molar-refractivity contribution in [2.75, 3.05) is 46.2 Å². The van der Waals surface area contributed by atoms with E-state index in [1.54, 1.807) is 0 Å². The summed E-state index contributed by atoms with van der Waals surface area (Å²) in [5.74, 6) is 0. The number of hydrogen-bond donors (Lipinski definition) is 21. The van der Waals surface area contributed by atoms with Crippen LogP contribution in [0.15, 0.2) is 0 Å². The summed E-state index contributed by atoms with van der Waals surface area (Å²) in [6.45, 7) is -7.33. The fourth-order valence-electron chi connectivity index (χ4n) is 10.4. The average Bonchev–Trinajstić information content (AvgIpc) is 3.47. The molecule has 0 aromatic carbocycles. The monoisotopic (exact) mass is 1130 g/mol. The number of ether oxygens (including phenoxy) is 14. The Hall–Kier alpha value is -1.40. The van der Waals surface area contributed by atoms with Crippen LogP contribution < -0.4 is 0 Å². The van der Waals surface area contributed by atoms with E-state index >= 15 is 0 Å². The minimum Gasteiger partial charge on any atom is -0.394 e. The van der Waals surface area contributed by atoms with Crippen molar-refractivity contribution in [3.63, 3.8) is 0 Å². The number of rotatable bonds is 7. The van der Waals surface area contributed by atoms with Gasteiger partial charge < -0.3 is 174 Å². The quantitative estimate of drug-likeness (QED) is 0.113. The van der Waals surface area contributed by atoms with Crippen LogP contribution in [-0.4, -0.2) is 368 Å². The van der Waals surface area contributed by atoms with E-state index in [0.29, 0.717) is 0 Å². The highest BCUT2D eigenvalue weighted by atomic mass is 16.8. The van der Waals surface area contributed by atoms with Gasteiger partial charge in [0.05, 0.1) is 46.2 Å². The molecule has 21 heterocycles. The Morgan fingerprint density at radius 2 is 0.260 bits per heavy atom. The molecule has 0 spiro atoms. The van der Waals surface area contributed by atoms with E-state index in [0.717, 1.165) is 0 Å². The van der Waals surface area contributed by atoms with Gasteiger partial charge in [-0.05, 0) is 0 Å². The third kappa shape index (κ3) is 12.1. The van der Waals surface area contributed by atoms with E-state index in [9.17, 15) is 107 Å². The smallest absolute Gasteiger partial charge is 0.187 e. The maximum Gasteiger partial charge on any atom is 0.187 e. The van der Waals surface area contributed by atoms with Crippen molar-refractivity contribution >= 4 is 0 Å². The molecule has 21 fully saturated rings. The van der Waals surface area contributed by atoms with Gasteiger partial charge in [-0.25, -0.2) is 0 Å². The molecule has 35 nitrogen and oxygen atoms in total. The van der Waals surface area contributed by atoms with E-state index in [1.807, 2.05) is 0 Å². The van der Waals surface area contributed by atoms with Gasteiger partial charge in [0.1, 0.15) is 171 Å². The molecule has 21 aliphatic heterocycles. The molecule has 21 N–H and O–H groups in total. The van der Waals surface area contributed by atoms with Crippen LogP contribution in [0, 0.1) is 0 Å². The highest BCUT2D eigenvalue weighted by Gasteiger charge is 2.59. The fourth-order valence-corrected chi connectivity index (χ4v) is 10.4. The average molecular weight is 1130 g/mol. The maximum absolute atomic E-state index is 11.3. The van der Waals surface area contributed by atoms with Crippen molar-refractivity contribution in [1.29, 1.82) is 0 Å². The zero-order chi connectivity index (χ0) is 56.1. The molecule has 21 aliphatic rings. The van der Waals surface area contributed by atoms with Gasteiger partial charge in [0, 0.05) is 0 Å². The van der Waals surface area contributed by atoms with Crippen molar-refractivity contribution in [2.45, 2.75) is 215 Å². The summed E-state index contributed by atoms with van der Waals surface area (Å²) in [5, 5.41) is 230. The Morgan fingerprint density at radius 3 is 0.351 bits per heavy atom. The minimum absolute atomic E-state index is 1.05. The molecule has 14 unspecified atom stereocenters. The van der Waals surface area contributed by atoms with Crippen LogP contribution in [0.25, 0.3) is 0 Å². The van der Waals surface area contributed by atoms with Gasteiger partial charge in [-0.3, -0.25) is 0 Å². The lowest BCUT2D eigenvalue weighted by Gasteiger charge is -2.50. The molecule has 35 heteroatoms. The minimum atomic E-state index is -2.21. The molecule has 0 radical (unpaired) electrons. The molecule has 14 bridgehead atoms. The standard InChI is InChI=1S/C42H70O35/c43-1-8-29-15(50)22(57)36(64-8)72-30-9(2-44)66-38(24(59)17(30)52)74-32-11(4-46)68-40(26(61)19(32)54)76-34-13(6-48)70-42(28(63)21(34)56)77-35-14(7-49)69-41(27(62)20(35)55)75-33-12(5-47)67-39(25(60)18(33)53)73-31-10(3-45)65-37(71-29)23(58)16(31)51/h8-63H,1-7H2/t8?,9?,10?,11?,12?,13?,14?,15-,16-,17-,18-,19-,20?,21?,22?,23?,24?,25?,26?,27+,28+,29-,30-,31-,32-,33-,34-,35-,36-,37-,38-,39-,40-,41-,42-/m1/s1. The predicted molar refractivity (Wildman–Crippen MR) is 228 cm³/mol. The summed E-state index contributed by atoms with van der Waals surface area (Å²) < 4.78 is 79.5. The van der Waals surface area contributed by atoms with Crippen molar-refractivity contribution in [2.24, 2.45) is 0 Å². The Bertz CT molecular complexity index is 1470. The first-order chi connectivity index (χ1) is 36.7. The Balaban J connectivity index is 1.08. The second-order valence-corrected chi connectivity index (χ2v) is 19.7. The maximum atomic E-state index is 11.3. The largest absolute Gasteiger partial charge is 0.394 e. The van der Waals surface area contributed by atoms with Crippen LogP contribution in [0.3, 0.4) is 0 Å². The first kappa shape index (κ1) is 61.7. The molecule has 0 amide bonds. The summed E-state index contributed by atoms with van der Waals surface area (Å²) in [6.07, 6.45) is -70.2. The lowest BCUT2D eigenvalue weighted by molar-refractivity contribution is -0.396. The normalized spacial score (nSPS) is 55.4. The second kappa shape index (κ2) is 26.0. The lowest BCUT2D eigenvalue weighted by Crippen LogP contribution is -2.68. The summed E-state index contributed by atoms with van der Waals surface area (Å²) in [4.78, 5) is 0. The van der Waals surface area contributed by atoms with Gasteiger partial charge in [0.15, 0.2) is 44.0 Å². The number of aliphatic hydroxyl groups is 21. The zero-order valence-electron chi connectivity index (χ0n) is 40.3. The highest BCUT2D eigenvalue weighted by molar-refractivity contribution is 5.01. The van der Waals surface area contributed by atoms with Crippen molar-refractivity contribution in [1.82, 2.24) is 0 Å². The highest BCUT2D eigenvalue weighted by Crippen LogP contribution is 2.39. The van der Waals surface area contributed by atoms with Gasteiger partial charge in [-0.1, -0.05) is 0 Å². The van der Waals surface area contributed by atoms with E-state index in [-0.39, 0.29) is 0 Å². The SMILES string of the molecule is OCC1O[C@@H]2O[C@@H]3C(CO)O[C@H](O[C@@H]4C(CO)O[C@H](O[C@@H]5C(CO)O[C@H](O[C@@H]6C(CO)O[C@H](O[C@@H]7C(CO)O[C@H](O[C@@H]8C(CO)O[C@H](O[C@H]1C(O)[C@@H]2O)C(O)[C@H]8O)C(O)[C@H]7O)C(O)[C@H]6O)C(O)[C@H]5O)C(O)[C@H]4O)[C@@H](O)C3O. The molecule has 448 valence electrons. The molecular formula is C42H70O35. The first-order valence-electron chi connectivity index (χ1n) is 24.6. The molecule has 0 aromatic rings. The summed E-state index contributed by atoms with van der Waals surface area (Å²) in [7, 11) is 0. The summed E-state index contributed by atoms with van der Waals surface area (Å²) in [6, 6.07) is 0. The molecular weight excluding hydrogens is 1060 g/mol. The van der Waals surface area contributed by atoms with Crippen molar-refractivity contribution in [3.05, 3.63) is 0 Å². The van der Waals surface area contributed by atoms with E-state index in [1.165, 1.54) is 0 Å².